The number of carbonyl (C=O) groups excluding carboxylic acids is 1. The maximum atomic E-state index is 12.8. The Kier molecular flexibility index (Phi) is 6.34. The molecule has 0 bridgehead atoms. The first kappa shape index (κ1) is 23.2. The van der Waals surface area contributed by atoms with Gasteiger partial charge in [0.2, 0.25) is 17.5 Å². The Morgan fingerprint density at radius 2 is 1.80 bits per heavy atom. The highest BCUT2D eigenvalue weighted by Crippen LogP contribution is 2.32. The van der Waals surface area contributed by atoms with E-state index in [9.17, 15) is 18.5 Å². The highest BCUT2D eigenvalue weighted by Gasteiger charge is 2.31. The predicted molar refractivity (Wildman–Crippen MR) is 128 cm³/mol. The quantitative estimate of drug-likeness (QED) is 0.534. The molecule has 1 aliphatic heterocycles. The Labute approximate surface area is 203 Å². The van der Waals surface area contributed by atoms with E-state index in [1.807, 2.05) is 4.90 Å². The largest absolute Gasteiger partial charge is 0.459 e. The fraction of sp³-hybridized carbons (Fsp3) is 0.400. The van der Waals surface area contributed by atoms with Crippen molar-refractivity contribution in [3.05, 3.63) is 48.4 Å². The van der Waals surface area contributed by atoms with Crippen LogP contribution in [0.25, 0.3) is 11.7 Å². The molecule has 0 spiro atoms. The SMILES string of the molecule is N#Cc1nc(-c2ccco2)oc1N1CCC(C(=O)Nc2ccc(S(=O)(=O)C3CCCC3)cc2)CC1. The normalized spacial score (nSPS) is 17.4. The number of oxazole rings is 1. The van der Waals surface area contributed by atoms with Gasteiger partial charge in [0.05, 0.1) is 16.4 Å². The van der Waals surface area contributed by atoms with Crippen molar-refractivity contribution in [3.8, 4) is 17.7 Å². The zero-order valence-electron chi connectivity index (χ0n) is 19.1. The molecule has 2 aliphatic rings. The zero-order valence-corrected chi connectivity index (χ0v) is 20.0. The van der Waals surface area contributed by atoms with Crippen LogP contribution in [0, 0.1) is 17.2 Å². The number of furan rings is 1. The number of anilines is 2. The van der Waals surface area contributed by atoms with Gasteiger partial charge in [-0.1, -0.05) is 12.8 Å². The highest BCUT2D eigenvalue weighted by atomic mass is 32.2. The van der Waals surface area contributed by atoms with E-state index in [-0.39, 0.29) is 28.7 Å². The van der Waals surface area contributed by atoms with Gasteiger partial charge >= 0.3 is 0 Å². The maximum absolute atomic E-state index is 12.8. The van der Waals surface area contributed by atoms with Gasteiger partial charge < -0.3 is 19.1 Å². The molecule has 1 N–H and O–H groups in total. The molecule has 10 heteroatoms. The number of nitrogens with zero attached hydrogens (tertiary/aromatic N) is 3. The molecule has 1 saturated heterocycles. The minimum Gasteiger partial charge on any atom is -0.459 e. The number of nitrogens with one attached hydrogen (secondary N) is 1. The number of hydrogen-bond donors (Lipinski definition) is 1. The monoisotopic (exact) mass is 494 g/mol. The summed E-state index contributed by atoms with van der Waals surface area (Å²) in [6.45, 7) is 1.08. The van der Waals surface area contributed by atoms with Gasteiger partial charge in [0.1, 0.15) is 6.07 Å². The second kappa shape index (κ2) is 9.58. The van der Waals surface area contributed by atoms with Gasteiger partial charge in [-0.05, 0) is 62.1 Å². The minimum atomic E-state index is -3.32. The molecule has 9 nitrogen and oxygen atoms in total. The Hall–Kier alpha value is -3.58. The van der Waals surface area contributed by atoms with E-state index in [4.69, 9.17) is 8.83 Å². The molecule has 3 heterocycles. The van der Waals surface area contributed by atoms with Crippen LogP contribution in [0.2, 0.25) is 0 Å². The molecular weight excluding hydrogens is 468 g/mol. The lowest BCUT2D eigenvalue weighted by Gasteiger charge is -2.31. The molecule has 1 aromatic carbocycles. The summed E-state index contributed by atoms with van der Waals surface area (Å²) in [5.74, 6) is 0.775. The molecule has 1 saturated carbocycles. The lowest BCUT2D eigenvalue weighted by atomic mass is 9.96. The minimum absolute atomic E-state index is 0.106. The van der Waals surface area contributed by atoms with Crippen molar-refractivity contribution in [1.29, 1.82) is 5.26 Å². The summed E-state index contributed by atoms with van der Waals surface area (Å²) < 4.78 is 36.6. The Morgan fingerprint density at radius 1 is 1.09 bits per heavy atom. The van der Waals surface area contributed by atoms with Crippen molar-refractivity contribution < 1.29 is 22.0 Å². The smallest absolute Gasteiger partial charge is 0.266 e. The second-order valence-corrected chi connectivity index (χ2v) is 11.2. The van der Waals surface area contributed by atoms with Crippen LogP contribution in [0.3, 0.4) is 0 Å². The number of aromatic nitrogens is 1. The Balaban J connectivity index is 1.19. The molecule has 0 atom stereocenters. The van der Waals surface area contributed by atoms with Crippen LogP contribution in [0.4, 0.5) is 11.6 Å². The molecule has 35 heavy (non-hydrogen) atoms. The van der Waals surface area contributed by atoms with E-state index < -0.39 is 9.84 Å². The molecular formula is C25H26N4O5S. The number of sulfone groups is 1. The number of hydrogen-bond acceptors (Lipinski definition) is 8. The second-order valence-electron chi connectivity index (χ2n) is 8.99. The zero-order chi connectivity index (χ0) is 24.4. The van der Waals surface area contributed by atoms with Gasteiger partial charge in [-0.15, -0.1) is 0 Å². The summed E-state index contributed by atoms with van der Waals surface area (Å²) in [6, 6.07) is 12.0. The summed E-state index contributed by atoms with van der Waals surface area (Å²) in [5.41, 5.74) is 0.764. The van der Waals surface area contributed by atoms with Gasteiger partial charge in [0, 0.05) is 24.7 Å². The maximum Gasteiger partial charge on any atom is 0.266 e. The molecule has 3 aromatic rings. The van der Waals surface area contributed by atoms with Crippen LogP contribution in [0.5, 0.6) is 0 Å². The first-order chi connectivity index (χ1) is 17.0. The summed E-state index contributed by atoms with van der Waals surface area (Å²) in [5, 5.41) is 12.1. The molecule has 1 amide bonds. The number of amides is 1. The van der Waals surface area contributed by atoms with Gasteiger partial charge in [0.25, 0.3) is 5.89 Å². The van der Waals surface area contributed by atoms with E-state index in [1.54, 1.807) is 36.4 Å². The topological polar surface area (TPSA) is 129 Å². The van der Waals surface area contributed by atoms with Crippen molar-refractivity contribution in [2.75, 3.05) is 23.3 Å². The standard InChI is InChI=1S/C25H26N4O5S/c26-16-21-25(34-24(28-21)22-6-3-15-33-22)29-13-11-17(12-14-29)23(30)27-18-7-9-20(10-8-18)35(31,32)19-4-1-2-5-19/h3,6-10,15,17,19H,1-2,4-5,11-14H2,(H,27,30). The summed E-state index contributed by atoms with van der Waals surface area (Å²) in [4.78, 5) is 19.3. The van der Waals surface area contributed by atoms with Crippen LogP contribution in [0.1, 0.15) is 44.2 Å². The molecule has 2 fully saturated rings. The third kappa shape index (κ3) is 4.68. The average molecular weight is 495 g/mol. The first-order valence-electron chi connectivity index (χ1n) is 11.8. The van der Waals surface area contributed by atoms with Crippen LogP contribution >= 0.6 is 0 Å². The van der Waals surface area contributed by atoms with E-state index in [1.165, 1.54) is 6.26 Å². The van der Waals surface area contributed by atoms with Crippen LogP contribution in [-0.2, 0) is 14.6 Å². The molecule has 182 valence electrons. The lowest BCUT2D eigenvalue weighted by Crippen LogP contribution is -2.38. The van der Waals surface area contributed by atoms with Gasteiger partial charge in [-0.2, -0.15) is 10.2 Å². The third-order valence-corrected chi connectivity index (χ3v) is 9.07. The first-order valence-corrected chi connectivity index (χ1v) is 13.3. The van der Waals surface area contributed by atoms with Crippen LogP contribution in [-0.4, -0.2) is 37.6 Å². The van der Waals surface area contributed by atoms with Crippen molar-refractivity contribution in [2.45, 2.75) is 48.7 Å². The van der Waals surface area contributed by atoms with E-state index in [0.29, 0.717) is 61.0 Å². The Morgan fingerprint density at radius 3 is 2.43 bits per heavy atom. The summed E-state index contributed by atoms with van der Waals surface area (Å²) in [6.07, 6.45) is 6.02. The fourth-order valence-corrected chi connectivity index (χ4v) is 6.67. The fourth-order valence-electron chi connectivity index (χ4n) is 4.81. The van der Waals surface area contributed by atoms with Gasteiger partial charge in [-0.25, -0.2) is 8.42 Å². The molecule has 1 aliphatic carbocycles. The van der Waals surface area contributed by atoms with Crippen LogP contribution in [0.15, 0.2) is 56.4 Å². The van der Waals surface area contributed by atoms with E-state index in [0.717, 1.165) is 12.8 Å². The highest BCUT2D eigenvalue weighted by molar-refractivity contribution is 7.92. The van der Waals surface area contributed by atoms with Crippen LogP contribution < -0.4 is 10.2 Å². The number of rotatable bonds is 6. The number of piperidine rings is 1. The third-order valence-electron chi connectivity index (χ3n) is 6.79. The van der Waals surface area contributed by atoms with Gasteiger partial charge in [-0.3, -0.25) is 4.79 Å². The van der Waals surface area contributed by atoms with Crippen molar-refractivity contribution in [1.82, 2.24) is 4.98 Å². The number of benzene rings is 1. The number of nitriles is 1. The molecule has 0 unspecified atom stereocenters. The molecule has 2 aromatic heterocycles. The summed E-state index contributed by atoms with van der Waals surface area (Å²) >= 11 is 0. The number of carbonyl (C=O) groups is 1. The van der Waals surface area contributed by atoms with E-state index in [2.05, 4.69) is 16.4 Å². The lowest BCUT2D eigenvalue weighted by molar-refractivity contribution is -0.120. The van der Waals surface area contributed by atoms with Crippen molar-refractivity contribution in [2.24, 2.45) is 5.92 Å². The summed E-state index contributed by atoms with van der Waals surface area (Å²) in [7, 11) is -3.32. The average Bonchev–Trinajstić information content (AvgIpc) is 3.66. The van der Waals surface area contributed by atoms with Crippen molar-refractivity contribution in [3.63, 3.8) is 0 Å². The Bertz CT molecular complexity index is 1330. The van der Waals surface area contributed by atoms with E-state index >= 15 is 0 Å². The predicted octanol–water partition coefficient (Wildman–Crippen LogP) is 4.38. The molecule has 5 rings (SSSR count). The van der Waals surface area contributed by atoms with Gasteiger partial charge in [0.15, 0.2) is 15.6 Å². The molecule has 0 radical (unpaired) electrons. The van der Waals surface area contributed by atoms with Crippen molar-refractivity contribution >= 4 is 27.3 Å².